The maximum atomic E-state index is 12.5. The summed E-state index contributed by atoms with van der Waals surface area (Å²) in [6.07, 6.45) is 0.925. The second kappa shape index (κ2) is 6.92. The van der Waals surface area contributed by atoms with Crippen molar-refractivity contribution < 1.29 is 18.3 Å². The van der Waals surface area contributed by atoms with E-state index in [2.05, 4.69) is 5.32 Å². The lowest BCUT2D eigenvalue weighted by molar-refractivity contribution is -0.120. The van der Waals surface area contributed by atoms with Crippen molar-refractivity contribution in [3.05, 3.63) is 41.8 Å². The number of phenols is 1. The highest BCUT2D eigenvalue weighted by Gasteiger charge is 2.32. The highest BCUT2D eigenvalue weighted by Crippen LogP contribution is 2.28. The number of nitrogens with zero attached hydrogens (tertiary/aromatic N) is 1. The van der Waals surface area contributed by atoms with Gasteiger partial charge in [-0.25, -0.2) is 8.42 Å². The van der Waals surface area contributed by atoms with Crippen molar-refractivity contribution in [2.24, 2.45) is 5.92 Å². The maximum Gasteiger partial charge on any atom is 0.252 e. The number of amides is 1. The van der Waals surface area contributed by atoms with Crippen LogP contribution >= 0.6 is 11.3 Å². The zero-order valence-corrected chi connectivity index (χ0v) is 14.5. The van der Waals surface area contributed by atoms with Gasteiger partial charge in [-0.1, -0.05) is 18.2 Å². The first-order valence-electron chi connectivity index (χ1n) is 7.61. The highest BCUT2D eigenvalue weighted by molar-refractivity contribution is 7.91. The van der Waals surface area contributed by atoms with Crippen LogP contribution in [0.1, 0.15) is 12.8 Å². The predicted molar refractivity (Wildman–Crippen MR) is 92.5 cm³/mol. The van der Waals surface area contributed by atoms with Gasteiger partial charge >= 0.3 is 0 Å². The van der Waals surface area contributed by atoms with Gasteiger partial charge in [-0.2, -0.15) is 4.31 Å². The van der Waals surface area contributed by atoms with E-state index < -0.39 is 10.0 Å². The van der Waals surface area contributed by atoms with Crippen molar-refractivity contribution in [3.8, 4) is 5.75 Å². The van der Waals surface area contributed by atoms with Crippen LogP contribution in [0.3, 0.4) is 0 Å². The van der Waals surface area contributed by atoms with Gasteiger partial charge in [0.1, 0.15) is 9.96 Å². The SMILES string of the molecule is O=C(Nc1ccccc1O)C1CCN(S(=O)(=O)c2cccs2)CC1. The number of thiophene rings is 1. The van der Waals surface area contributed by atoms with Gasteiger partial charge in [0.15, 0.2) is 0 Å². The number of hydrogen-bond acceptors (Lipinski definition) is 5. The quantitative estimate of drug-likeness (QED) is 0.814. The molecule has 2 N–H and O–H groups in total. The number of benzene rings is 1. The van der Waals surface area contributed by atoms with E-state index >= 15 is 0 Å². The summed E-state index contributed by atoms with van der Waals surface area (Å²) in [4.78, 5) is 12.3. The number of rotatable bonds is 4. The van der Waals surface area contributed by atoms with Gasteiger partial charge in [-0.05, 0) is 36.4 Å². The number of phenolic OH excluding ortho intramolecular Hbond substituents is 1. The molecule has 1 aromatic heterocycles. The molecule has 3 rings (SSSR count). The van der Waals surface area contributed by atoms with Gasteiger partial charge in [0.05, 0.1) is 5.69 Å². The highest BCUT2D eigenvalue weighted by atomic mass is 32.2. The number of hydrogen-bond donors (Lipinski definition) is 2. The van der Waals surface area contributed by atoms with Crippen LogP contribution in [-0.2, 0) is 14.8 Å². The standard InChI is InChI=1S/C16H18N2O4S2/c19-14-5-2-1-4-13(14)17-16(20)12-7-9-18(10-8-12)24(21,22)15-6-3-11-23-15/h1-6,11-12,19H,7-10H2,(H,17,20). The molecule has 24 heavy (non-hydrogen) atoms. The van der Waals surface area contributed by atoms with Crippen LogP contribution in [-0.4, -0.2) is 36.8 Å². The summed E-state index contributed by atoms with van der Waals surface area (Å²) in [5, 5.41) is 14.2. The van der Waals surface area contributed by atoms with E-state index in [4.69, 9.17) is 0 Å². The summed E-state index contributed by atoms with van der Waals surface area (Å²) in [6.45, 7) is 0.637. The Kier molecular flexibility index (Phi) is 4.88. The van der Waals surface area contributed by atoms with Crippen molar-refractivity contribution in [3.63, 3.8) is 0 Å². The van der Waals surface area contributed by atoms with Gasteiger partial charge < -0.3 is 10.4 Å². The van der Waals surface area contributed by atoms with Crippen LogP contribution in [0.2, 0.25) is 0 Å². The molecule has 0 spiro atoms. The molecule has 1 amide bonds. The molecule has 2 heterocycles. The normalized spacial score (nSPS) is 16.8. The third-order valence-electron chi connectivity index (χ3n) is 4.08. The van der Waals surface area contributed by atoms with Gasteiger partial charge in [-0.3, -0.25) is 4.79 Å². The Morgan fingerprint density at radius 3 is 2.50 bits per heavy atom. The van der Waals surface area contributed by atoms with E-state index in [0.717, 1.165) is 0 Å². The first-order chi connectivity index (χ1) is 11.5. The Morgan fingerprint density at radius 2 is 1.88 bits per heavy atom. The number of para-hydroxylation sites is 2. The topological polar surface area (TPSA) is 86.7 Å². The van der Waals surface area contributed by atoms with Gasteiger partial charge in [0, 0.05) is 19.0 Å². The molecule has 1 aliphatic heterocycles. The van der Waals surface area contributed by atoms with E-state index in [9.17, 15) is 18.3 Å². The minimum atomic E-state index is -3.45. The lowest BCUT2D eigenvalue weighted by atomic mass is 9.97. The van der Waals surface area contributed by atoms with E-state index in [-0.39, 0.29) is 17.6 Å². The molecule has 0 unspecified atom stereocenters. The lowest BCUT2D eigenvalue weighted by Gasteiger charge is -2.30. The van der Waals surface area contributed by atoms with Crippen molar-refractivity contribution >= 4 is 33.0 Å². The van der Waals surface area contributed by atoms with Crippen molar-refractivity contribution in [1.82, 2.24) is 4.31 Å². The number of nitrogens with one attached hydrogen (secondary N) is 1. The fourth-order valence-electron chi connectivity index (χ4n) is 2.71. The number of carbonyl (C=O) groups excluding carboxylic acids is 1. The smallest absolute Gasteiger partial charge is 0.252 e. The maximum absolute atomic E-state index is 12.5. The third kappa shape index (κ3) is 3.45. The van der Waals surface area contributed by atoms with Crippen LogP contribution in [0.5, 0.6) is 5.75 Å². The molecule has 128 valence electrons. The van der Waals surface area contributed by atoms with E-state index in [1.165, 1.54) is 21.7 Å². The van der Waals surface area contributed by atoms with E-state index in [0.29, 0.717) is 35.8 Å². The first-order valence-corrected chi connectivity index (χ1v) is 9.93. The molecule has 1 aliphatic rings. The number of piperidine rings is 1. The van der Waals surface area contributed by atoms with Crippen LogP contribution in [0, 0.1) is 5.92 Å². The molecule has 0 saturated carbocycles. The lowest BCUT2D eigenvalue weighted by Crippen LogP contribution is -2.41. The summed E-state index contributed by atoms with van der Waals surface area (Å²) >= 11 is 1.20. The average Bonchev–Trinajstić information content (AvgIpc) is 3.12. The fourth-order valence-corrected chi connectivity index (χ4v) is 5.32. The van der Waals surface area contributed by atoms with Crippen LogP contribution in [0.15, 0.2) is 46.0 Å². The largest absolute Gasteiger partial charge is 0.506 e. The summed E-state index contributed by atoms with van der Waals surface area (Å²) in [7, 11) is -3.45. The summed E-state index contributed by atoms with van der Waals surface area (Å²) in [5.74, 6) is -0.437. The Morgan fingerprint density at radius 1 is 1.17 bits per heavy atom. The van der Waals surface area contributed by atoms with Crippen molar-refractivity contribution in [2.45, 2.75) is 17.1 Å². The molecular weight excluding hydrogens is 348 g/mol. The zero-order valence-electron chi connectivity index (χ0n) is 12.9. The minimum Gasteiger partial charge on any atom is -0.506 e. The molecule has 0 atom stereocenters. The van der Waals surface area contributed by atoms with Crippen LogP contribution in [0.25, 0.3) is 0 Å². The monoisotopic (exact) mass is 366 g/mol. The Hall–Kier alpha value is -1.90. The predicted octanol–water partition coefficient (Wildman–Crippen LogP) is 2.49. The Bertz CT molecular complexity index is 810. The molecule has 2 aromatic rings. The summed E-state index contributed by atoms with van der Waals surface area (Å²) in [5.41, 5.74) is 0.371. The molecule has 0 bridgehead atoms. The molecule has 6 nitrogen and oxygen atoms in total. The molecular formula is C16H18N2O4S2. The minimum absolute atomic E-state index is 0.0172. The fraction of sp³-hybridized carbons (Fsp3) is 0.312. The van der Waals surface area contributed by atoms with Gasteiger partial charge in [0.25, 0.3) is 10.0 Å². The van der Waals surface area contributed by atoms with Gasteiger partial charge in [0.2, 0.25) is 5.91 Å². The molecule has 1 fully saturated rings. The molecule has 0 aliphatic carbocycles. The number of carbonyl (C=O) groups is 1. The number of aromatic hydroxyl groups is 1. The number of sulfonamides is 1. The van der Waals surface area contributed by atoms with Crippen molar-refractivity contribution in [1.29, 1.82) is 0 Å². The van der Waals surface area contributed by atoms with Crippen LogP contribution < -0.4 is 5.32 Å². The summed E-state index contributed by atoms with van der Waals surface area (Å²) < 4.78 is 26.7. The average molecular weight is 366 g/mol. The Balaban J connectivity index is 1.61. The van der Waals surface area contributed by atoms with Gasteiger partial charge in [-0.15, -0.1) is 11.3 Å². The number of anilines is 1. The Labute approximate surface area is 144 Å². The van der Waals surface area contributed by atoms with E-state index in [1.807, 2.05) is 0 Å². The van der Waals surface area contributed by atoms with E-state index in [1.54, 1.807) is 35.7 Å². The summed E-state index contributed by atoms with van der Waals surface area (Å²) in [6, 6.07) is 9.85. The zero-order chi connectivity index (χ0) is 17.2. The molecule has 8 heteroatoms. The van der Waals surface area contributed by atoms with Crippen molar-refractivity contribution in [2.75, 3.05) is 18.4 Å². The van der Waals surface area contributed by atoms with Crippen LogP contribution in [0.4, 0.5) is 5.69 Å². The second-order valence-electron chi connectivity index (χ2n) is 5.62. The first kappa shape index (κ1) is 16.9. The molecule has 1 aromatic carbocycles. The second-order valence-corrected chi connectivity index (χ2v) is 8.73. The third-order valence-corrected chi connectivity index (χ3v) is 7.35. The molecule has 0 radical (unpaired) electrons. The molecule has 1 saturated heterocycles.